The van der Waals surface area contributed by atoms with E-state index in [-0.39, 0.29) is 23.1 Å². The van der Waals surface area contributed by atoms with Crippen LogP contribution in [-0.4, -0.2) is 32.2 Å². The van der Waals surface area contributed by atoms with Crippen LogP contribution in [0.4, 0.5) is 5.69 Å². The molecule has 152 valence electrons. The number of hydrogen-bond donors (Lipinski definition) is 1. The fourth-order valence-electron chi connectivity index (χ4n) is 2.34. The second-order valence-electron chi connectivity index (χ2n) is 6.00. The zero-order valence-electron chi connectivity index (χ0n) is 16.2. The van der Waals surface area contributed by atoms with Crippen molar-refractivity contribution >= 4 is 29.2 Å². The number of carbonyl (C=O) groups excluding carboxylic acids is 2. The molecule has 1 N–H and O–H groups in total. The molecule has 2 rings (SSSR count). The third-order valence-corrected chi connectivity index (χ3v) is 4.12. The minimum absolute atomic E-state index is 0.166. The van der Waals surface area contributed by atoms with Crippen LogP contribution in [0.15, 0.2) is 36.4 Å². The van der Waals surface area contributed by atoms with Crippen molar-refractivity contribution in [1.29, 1.82) is 5.26 Å². The van der Waals surface area contributed by atoms with E-state index in [0.717, 1.165) is 12.8 Å². The van der Waals surface area contributed by atoms with Crippen LogP contribution in [0.5, 0.6) is 11.5 Å². The van der Waals surface area contributed by atoms with Gasteiger partial charge >= 0.3 is 5.97 Å². The van der Waals surface area contributed by atoms with E-state index in [1.54, 1.807) is 24.3 Å². The molecule has 0 aromatic heterocycles. The number of anilines is 1. The van der Waals surface area contributed by atoms with Crippen LogP contribution in [-0.2, 0) is 9.53 Å². The number of carbonyl (C=O) groups is 2. The highest BCUT2D eigenvalue weighted by atomic mass is 35.5. The topological polar surface area (TPSA) is 97.6 Å². The van der Waals surface area contributed by atoms with Gasteiger partial charge in [-0.2, -0.15) is 5.26 Å². The Morgan fingerprint density at radius 2 is 1.93 bits per heavy atom. The first-order chi connectivity index (χ1) is 14.0. The third-order valence-electron chi connectivity index (χ3n) is 3.84. The maximum atomic E-state index is 12.1. The first kappa shape index (κ1) is 22.1. The quantitative estimate of drug-likeness (QED) is 0.486. The molecule has 7 nitrogen and oxygen atoms in total. The Balaban J connectivity index is 1.93. The monoisotopic (exact) mass is 416 g/mol. The number of esters is 1. The third kappa shape index (κ3) is 6.40. The van der Waals surface area contributed by atoms with Gasteiger partial charge in [0.2, 0.25) is 0 Å². The average molecular weight is 417 g/mol. The van der Waals surface area contributed by atoms with E-state index >= 15 is 0 Å². The van der Waals surface area contributed by atoms with Crippen molar-refractivity contribution in [3.8, 4) is 17.6 Å². The zero-order valence-corrected chi connectivity index (χ0v) is 16.9. The first-order valence-electron chi connectivity index (χ1n) is 8.96. The minimum Gasteiger partial charge on any atom is -0.493 e. The van der Waals surface area contributed by atoms with Crippen molar-refractivity contribution in [2.45, 2.75) is 19.8 Å². The van der Waals surface area contributed by atoms with Crippen LogP contribution in [0.2, 0.25) is 5.02 Å². The van der Waals surface area contributed by atoms with Gasteiger partial charge in [-0.15, -0.1) is 0 Å². The van der Waals surface area contributed by atoms with Crippen molar-refractivity contribution in [2.24, 2.45) is 0 Å². The van der Waals surface area contributed by atoms with Crippen molar-refractivity contribution in [2.75, 3.05) is 25.6 Å². The van der Waals surface area contributed by atoms with Gasteiger partial charge in [-0.3, -0.25) is 4.79 Å². The summed E-state index contributed by atoms with van der Waals surface area (Å²) in [5, 5.41) is 11.8. The van der Waals surface area contributed by atoms with Gasteiger partial charge in [-0.05, 0) is 36.8 Å². The molecule has 0 radical (unpaired) electrons. The van der Waals surface area contributed by atoms with E-state index in [1.807, 2.05) is 13.0 Å². The molecule has 1 amide bonds. The van der Waals surface area contributed by atoms with E-state index < -0.39 is 11.9 Å². The first-order valence-corrected chi connectivity index (χ1v) is 9.33. The molecule has 2 aromatic rings. The fourth-order valence-corrected chi connectivity index (χ4v) is 2.61. The van der Waals surface area contributed by atoms with Crippen molar-refractivity contribution in [3.63, 3.8) is 0 Å². The second kappa shape index (κ2) is 10.9. The Morgan fingerprint density at radius 3 is 2.55 bits per heavy atom. The second-order valence-corrected chi connectivity index (χ2v) is 6.41. The highest BCUT2D eigenvalue weighted by Crippen LogP contribution is 2.36. The number of amides is 1. The van der Waals surface area contributed by atoms with Gasteiger partial charge in [0.15, 0.2) is 18.1 Å². The molecule has 0 aliphatic heterocycles. The number of halogens is 1. The summed E-state index contributed by atoms with van der Waals surface area (Å²) in [6.45, 7) is 2.08. The fraction of sp³-hybridized carbons (Fsp3) is 0.286. The molecule has 0 heterocycles. The number of methoxy groups -OCH3 is 1. The van der Waals surface area contributed by atoms with E-state index in [2.05, 4.69) is 5.32 Å². The lowest BCUT2D eigenvalue weighted by Gasteiger charge is -2.13. The van der Waals surface area contributed by atoms with E-state index in [1.165, 1.54) is 19.2 Å². The summed E-state index contributed by atoms with van der Waals surface area (Å²) in [7, 11) is 1.41. The number of nitrogens with zero attached hydrogens (tertiary/aromatic N) is 1. The Kier molecular flexibility index (Phi) is 8.31. The van der Waals surface area contributed by atoms with Crippen LogP contribution >= 0.6 is 11.6 Å². The molecule has 0 spiro atoms. The summed E-state index contributed by atoms with van der Waals surface area (Å²) in [5.41, 5.74) is 1.23. The number of nitrogens with one attached hydrogen (secondary N) is 1. The molecule has 0 aliphatic rings. The summed E-state index contributed by atoms with van der Waals surface area (Å²) in [6, 6.07) is 11.2. The van der Waals surface area contributed by atoms with Gasteiger partial charge < -0.3 is 19.5 Å². The van der Waals surface area contributed by atoms with Crippen LogP contribution in [0.1, 0.15) is 35.7 Å². The van der Waals surface area contributed by atoms with E-state index in [9.17, 15) is 9.59 Å². The molecule has 0 saturated carbocycles. The van der Waals surface area contributed by atoms with E-state index in [4.69, 9.17) is 31.1 Å². The molecule has 0 unspecified atom stereocenters. The molecule has 29 heavy (non-hydrogen) atoms. The Bertz CT molecular complexity index is 907. The summed E-state index contributed by atoms with van der Waals surface area (Å²) >= 11 is 6.10. The maximum Gasteiger partial charge on any atom is 0.338 e. The largest absolute Gasteiger partial charge is 0.493 e. The van der Waals surface area contributed by atoms with Gasteiger partial charge in [0, 0.05) is 11.8 Å². The van der Waals surface area contributed by atoms with Crippen LogP contribution in [0.3, 0.4) is 0 Å². The number of benzene rings is 2. The number of hydrogen-bond acceptors (Lipinski definition) is 6. The lowest BCUT2D eigenvalue weighted by molar-refractivity contribution is -0.118. The highest BCUT2D eigenvalue weighted by Gasteiger charge is 2.14. The Labute approximate surface area is 174 Å². The van der Waals surface area contributed by atoms with Gasteiger partial charge in [-0.1, -0.05) is 24.9 Å². The number of rotatable bonds is 9. The van der Waals surface area contributed by atoms with Crippen molar-refractivity contribution in [1.82, 2.24) is 0 Å². The van der Waals surface area contributed by atoms with Gasteiger partial charge in [0.25, 0.3) is 5.91 Å². The predicted molar refractivity (Wildman–Crippen MR) is 108 cm³/mol. The zero-order chi connectivity index (χ0) is 21.2. The molecule has 0 fully saturated rings. The standard InChI is InChI=1S/C21H21ClN2O5/c1-3-4-9-28-21(26)15-5-7-16(8-6-15)24-19(25)13-29-20-17(22)10-14(12-23)11-18(20)27-2/h5-8,10-11H,3-4,9,13H2,1-2H3,(H,24,25). The molecular weight excluding hydrogens is 396 g/mol. The van der Waals surface area contributed by atoms with Crippen molar-refractivity contribution < 1.29 is 23.8 Å². The minimum atomic E-state index is -0.425. The number of ether oxygens (including phenoxy) is 3. The van der Waals surface area contributed by atoms with Crippen molar-refractivity contribution in [3.05, 3.63) is 52.5 Å². The molecular formula is C21H21ClN2O5. The van der Waals surface area contributed by atoms with Crippen LogP contribution in [0, 0.1) is 11.3 Å². The number of nitriles is 1. The molecule has 0 aliphatic carbocycles. The van der Waals surface area contributed by atoms with Gasteiger partial charge in [-0.25, -0.2) is 4.79 Å². The molecule has 0 saturated heterocycles. The lowest BCUT2D eigenvalue weighted by Crippen LogP contribution is -2.20. The number of unbranched alkanes of at least 4 members (excludes halogenated alkanes) is 1. The van der Waals surface area contributed by atoms with Gasteiger partial charge in [0.05, 0.1) is 35.9 Å². The predicted octanol–water partition coefficient (Wildman–Crippen LogP) is 4.19. The summed E-state index contributed by atoms with van der Waals surface area (Å²) < 4.78 is 15.7. The summed E-state index contributed by atoms with van der Waals surface area (Å²) in [5.74, 6) is -0.394. The summed E-state index contributed by atoms with van der Waals surface area (Å²) in [6.07, 6.45) is 1.76. The van der Waals surface area contributed by atoms with Crippen LogP contribution in [0.25, 0.3) is 0 Å². The van der Waals surface area contributed by atoms with Gasteiger partial charge in [0.1, 0.15) is 0 Å². The Morgan fingerprint density at radius 1 is 1.21 bits per heavy atom. The average Bonchev–Trinajstić information content (AvgIpc) is 2.72. The normalized spacial score (nSPS) is 10.0. The van der Waals surface area contributed by atoms with E-state index in [0.29, 0.717) is 23.4 Å². The molecule has 0 atom stereocenters. The molecule has 8 heteroatoms. The molecule has 0 bridgehead atoms. The highest BCUT2D eigenvalue weighted by molar-refractivity contribution is 6.32. The maximum absolute atomic E-state index is 12.1. The Hall–Kier alpha value is -3.24. The SMILES string of the molecule is CCCCOC(=O)c1ccc(NC(=O)COc2c(Cl)cc(C#N)cc2OC)cc1. The molecule has 2 aromatic carbocycles. The smallest absolute Gasteiger partial charge is 0.338 e. The van der Waals surface area contributed by atoms with Crippen LogP contribution < -0.4 is 14.8 Å². The summed E-state index contributed by atoms with van der Waals surface area (Å²) in [4.78, 5) is 24.0. The lowest BCUT2D eigenvalue weighted by atomic mass is 10.2.